The Hall–Kier alpha value is -2.38. The van der Waals surface area contributed by atoms with Gasteiger partial charge >= 0.3 is 0 Å². The number of carbonyl (C=O) groups is 1. The molecule has 1 aliphatic heterocycles. The summed E-state index contributed by atoms with van der Waals surface area (Å²) in [5, 5.41) is 0. The highest BCUT2D eigenvalue weighted by molar-refractivity contribution is 7.89. The quantitative estimate of drug-likeness (QED) is 0.927. The third-order valence-corrected chi connectivity index (χ3v) is 5.08. The second-order valence-corrected chi connectivity index (χ2v) is 6.89. The molecule has 7 heteroatoms. The Morgan fingerprint density at radius 1 is 1.13 bits per heavy atom. The molecular formula is C16H16N2O4S. The van der Waals surface area contributed by atoms with Crippen molar-refractivity contribution in [3.63, 3.8) is 0 Å². The molecule has 3 rings (SSSR count). The molecule has 6 nitrogen and oxygen atoms in total. The molecule has 0 aromatic heterocycles. The second kappa shape index (κ2) is 6.02. The van der Waals surface area contributed by atoms with Crippen molar-refractivity contribution < 1.29 is 17.9 Å². The van der Waals surface area contributed by atoms with Gasteiger partial charge in [-0.3, -0.25) is 4.79 Å². The number of amides is 1. The van der Waals surface area contributed by atoms with E-state index in [1.54, 1.807) is 4.90 Å². The Balaban J connectivity index is 1.90. The smallest absolute Gasteiger partial charge is 0.258 e. The molecule has 0 saturated heterocycles. The monoisotopic (exact) mass is 332 g/mol. The van der Waals surface area contributed by atoms with E-state index in [-0.39, 0.29) is 10.8 Å². The summed E-state index contributed by atoms with van der Waals surface area (Å²) < 4.78 is 31.2. The van der Waals surface area contributed by atoms with Gasteiger partial charge in [-0.2, -0.15) is 0 Å². The summed E-state index contributed by atoms with van der Waals surface area (Å²) in [4.78, 5) is 14.5. The van der Waals surface area contributed by atoms with Gasteiger partial charge in [0.15, 0.2) is 0 Å². The summed E-state index contributed by atoms with van der Waals surface area (Å²) in [7, 11) is -2.16. The number of hydrogen-bond acceptors (Lipinski definition) is 4. The molecule has 2 aromatic carbocycles. The number of fused-ring (bicyclic) bond motifs is 1. The lowest BCUT2D eigenvalue weighted by Crippen LogP contribution is -2.37. The normalized spacial score (nSPS) is 14.0. The van der Waals surface area contributed by atoms with E-state index in [1.165, 1.54) is 31.3 Å². The number of carbonyl (C=O) groups excluding carboxylic acids is 1. The highest BCUT2D eigenvalue weighted by atomic mass is 32.2. The van der Waals surface area contributed by atoms with Gasteiger partial charge in [-0.15, -0.1) is 0 Å². The Kier molecular flexibility index (Phi) is 4.06. The van der Waals surface area contributed by atoms with E-state index in [9.17, 15) is 13.2 Å². The van der Waals surface area contributed by atoms with Crippen molar-refractivity contribution in [3.05, 3.63) is 54.1 Å². The fraction of sp³-hybridized carbons (Fsp3) is 0.188. The Morgan fingerprint density at radius 3 is 2.52 bits per heavy atom. The molecule has 0 spiro atoms. The summed E-state index contributed by atoms with van der Waals surface area (Å²) >= 11 is 0. The lowest BCUT2D eigenvalue weighted by atomic mass is 10.1. The van der Waals surface area contributed by atoms with E-state index in [4.69, 9.17) is 4.74 Å². The molecule has 1 aliphatic rings. The highest BCUT2D eigenvalue weighted by Gasteiger charge is 2.24. The molecule has 0 unspecified atom stereocenters. The van der Waals surface area contributed by atoms with Gasteiger partial charge in [-0.05, 0) is 43.4 Å². The number of benzene rings is 2. The standard InChI is InChI=1S/C16H16N2O4S/c1-17-23(20,21)13-8-6-12(7-9-13)16(19)18-10-11-22-15-5-3-2-4-14(15)18/h2-9,17H,10-11H2,1H3. The SMILES string of the molecule is CNS(=O)(=O)c1ccc(C(=O)N2CCOc3ccccc32)cc1. The fourth-order valence-corrected chi connectivity index (χ4v) is 3.16. The second-order valence-electron chi connectivity index (χ2n) is 5.00. The van der Waals surface area contributed by atoms with Gasteiger partial charge < -0.3 is 9.64 Å². The Morgan fingerprint density at radius 2 is 1.83 bits per heavy atom. The van der Waals surface area contributed by atoms with Gasteiger partial charge in [0.05, 0.1) is 17.1 Å². The van der Waals surface area contributed by atoms with Crippen molar-refractivity contribution in [2.45, 2.75) is 4.90 Å². The molecule has 0 aliphatic carbocycles. The van der Waals surface area contributed by atoms with E-state index in [1.807, 2.05) is 24.3 Å². The van der Waals surface area contributed by atoms with Crippen molar-refractivity contribution in [3.8, 4) is 5.75 Å². The first kappa shape index (κ1) is 15.5. The molecule has 23 heavy (non-hydrogen) atoms. The molecule has 0 bridgehead atoms. The molecule has 0 atom stereocenters. The predicted molar refractivity (Wildman–Crippen MR) is 86.3 cm³/mol. The average molecular weight is 332 g/mol. The van der Waals surface area contributed by atoms with Gasteiger partial charge in [0.1, 0.15) is 12.4 Å². The number of ether oxygens (including phenoxy) is 1. The van der Waals surface area contributed by atoms with Crippen LogP contribution >= 0.6 is 0 Å². The van der Waals surface area contributed by atoms with Crippen LogP contribution in [-0.2, 0) is 10.0 Å². The molecule has 1 amide bonds. The van der Waals surface area contributed by atoms with Crippen LogP contribution in [0.25, 0.3) is 0 Å². The van der Waals surface area contributed by atoms with E-state index in [2.05, 4.69) is 4.72 Å². The zero-order valence-corrected chi connectivity index (χ0v) is 13.3. The van der Waals surface area contributed by atoms with Gasteiger partial charge in [-0.25, -0.2) is 13.1 Å². The van der Waals surface area contributed by atoms with Gasteiger partial charge in [0.2, 0.25) is 10.0 Å². The molecule has 2 aromatic rings. The molecule has 0 radical (unpaired) electrons. The first-order valence-corrected chi connectivity index (χ1v) is 8.58. The average Bonchev–Trinajstić information content (AvgIpc) is 2.60. The van der Waals surface area contributed by atoms with Crippen molar-refractivity contribution in [2.24, 2.45) is 0 Å². The van der Waals surface area contributed by atoms with Crippen LogP contribution in [0, 0.1) is 0 Å². The molecule has 1 heterocycles. The predicted octanol–water partition coefficient (Wildman–Crippen LogP) is 1.63. The summed E-state index contributed by atoms with van der Waals surface area (Å²) in [6.45, 7) is 0.876. The minimum atomic E-state index is -3.51. The molecule has 120 valence electrons. The Bertz CT molecular complexity index is 831. The largest absolute Gasteiger partial charge is 0.490 e. The maximum absolute atomic E-state index is 12.7. The zero-order chi connectivity index (χ0) is 16.4. The van der Waals surface area contributed by atoms with Crippen LogP contribution in [0.3, 0.4) is 0 Å². The molecule has 1 N–H and O–H groups in total. The summed E-state index contributed by atoms with van der Waals surface area (Å²) in [5.74, 6) is 0.482. The number of sulfonamides is 1. The van der Waals surface area contributed by atoms with E-state index in [0.29, 0.717) is 24.5 Å². The van der Waals surface area contributed by atoms with Crippen molar-refractivity contribution >= 4 is 21.6 Å². The first-order chi connectivity index (χ1) is 11.0. The van der Waals surface area contributed by atoms with Crippen LogP contribution in [0.1, 0.15) is 10.4 Å². The number of hydrogen-bond donors (Lipinski definition) is 1. The van der Waals surface area contributed by atoms with Gasteiger partial charge in [0, 0.05) is 5.56 Å². The van der Waals surface area contributed by atoms with E-state index >= 15 is 0 Å². The van der Waals surface area contributed by atoms with Crippen molar-refractivity contribution in [2.75, 3.05) is 25.1 Å². The molecule has 0 saturated carbocycles. The zero-order valence-electron chi connectivity index (χ0n) is 12.5. The van der Waals surface area contributed by atoms with E-state index < -0.39 is 10.0 Å². The Labute approximate surface area is 134 Å². The summed E-state index contributed by atoms with van der Waals surface area (Å²) in [6, 6.07) is 13.2. The lowest BCUT2D eigenvalue weighted by Gasteiger charge is -2.29. The summed E-state index contributed by atoms with van der Waals surface area (Å²) in [6.07, 6.45) is 0. The fourth-order valence-electron chi connectivity index (χ4n) is 2.43. The number of nitrogens with one attached hydrogen (secondary N) is 1. The maximum atomic E-state index is 12.7. The third kappa shape index (κ3) is 2.93. The van der Waals surface area contributed by atoms with Crippen molar-refractivity contribution in [1.82, 2.24) is 4.72 Å². The van der Waals surface area contributed by atoms with Gasteiger partial charge in [0.25, 0.3) is 5.91 Å². The van der Waals surface area contributed by atoms with Crippen LogP contribution in [0.5, 0.6) is 5.75 Å². The van der Waals surface area contributed by atoms with E-state index in [0.717, 1.165) is 5.69 Å². The van der Waals surface area contributed by atoms with Crippen LogP contribution in [0.15, 0.2) is 53.4 Å². The number of anilines is 1. The topological polar surface area (TPSA) is 75.7 Å². The minimum Gasteiger partial charge on any atom is -0.490 e. The third-order valence-electron chi connectivity index (χ3n) is 3.65. The van der Waals surface area contributed by atoms with Crippen molar-refractivity contribution in [1.29, 1.82) is 0 Å². The molecule has 0 fully saturated rings. The summed E-state index contributed by atoms with van der Waals surface area (Å²) in [5.41, 5.74) is 1.15. The van der Waals surface area contributed by atoms with Crippen LogP contribution in [0.4, 0.5) is 5.69 Å². The number of rotatable bonds is 3. The highest BCUT2D eigenvalue weighted by Crippen LogP contribution is 2.32. The lowest BCUT2D eigenvalue weighted by molar-refractivity contribution is 0.0976. The first-order valence-electron chi connectivity index (χ1n) is 7.10. The number of nitrogens with zero attached hydrogens (tertiary/aromatic N) is 1. The maximum Gasteiger partial charge on any atom is 0.258 e. The number of para-hydroxylation sites is 2. The van der Waals surface area contributed by atoms with Crippen LogP contribution in [-0.4, -0.2) is 34.5 Å². The minimum absolute atomic E-state index is 0.124. The van der Waals surface area contributed by atoms with Crippen LogP contribution in [0.2, 0.25) is 0 Å². The van der Waals surface area contributed by atoms with Gasteiger partial charge in [-0.1, -0.05) is 12.1 Å². The van der Waals surface area contributed by atoms with Crippen LogP contribution < -0.4 is 14.4 Å². The molecular weight excluding hydrogens is 316 g/mol.